The minimum absolute atomic E-state index is 0.757. The third kappa shape index (κ3) is 1.78. The molecule has 0 saturated heterocycles. The van der Waals surface area contributed by atoms with E-state index in [0.29, 0.717) is 0 Å². The fraction of sp³-hybridized carbons (Fsp3) is 0. The average Bonchev–Trinajstić information content (AvgIpc) is 1.88. The Bertz CT molecular complexity index is 243. The zero-order valence-corrected chi connectivity index (χ0v) is 6.18. The molecular weight excluding hydrogens is 146 g/mol. The SMILES string of the molecule is Nc1cccc(C=CCl)c1. The van der Waals surface area contributed by atoms with Crippen LogP contribution in [-0.4, -0.2) is 0 Å². The van der Waals surface area contributed by atoms with Crippen molar-refractivity contribution in [2.45, 2.75) is 0 Å². The Balaban J connectivity index is 2.95. The van der Waals surface area contributed by atoms with Gasteiger partial charge in [0.25, 0.3) is 0 Å². The lowest BCUT2D eigenvalue weighted by atomic mass is 10.2. The molecule has 0 atom stereocenters. The highest BCUT2D eigenvalue weighted by Gasteiger charge is 1.85. The molecule has 0 aliphatic heterocycles. The first-order valence-corrected chi connectivity index (χ1v) is 3.39. The van der Waals surface area contributed by atoms with Gasteiger partial charge in [-0.2, -0.15) is 0 Å². The quantitative estimate of drug-likeness (QED) is 0.617. The lowest BCUT2D eigenvalue weighted by Crippen LogP contribution is -1.82. The van der Waals surface area contributed by atoms with Gasteiger partial charge in [-0.3, -0.25) is 0 Å². The molecule has 10 heavy (non-hydrogen) atoms. The molecule has 1 aromatic rings. The zero-order chi connectivity index (χ0) is 7.40. The maximum atomic E-state index is 5.51. The summed E-state index contributed by atoms with van der Waals surface area (Å²) in [5, 5.41) is 0. The van der Waals surface area contributed by atoms with Crippen molar-refractivity contribution in [2.75, 3.05) is 5.73 Å². The number of halogens is 1. The molecule has 2 N–H and O–H groups in total. The number of benzene rings is 1. The van der Waals surface area contributed by atoms with Gasteiger partial charge in [0.1, 0.15) is 0 Å². The van der Waals surface area contributed by atoms with Crippen molar-refractivity contribution in [3.05, 3.63) is 35.4 Å². The van der Waals surface area contributed by atoms with Crippen LogP contribution < -0.4 is 5.73 Å². The standard InChI is InChI=1S/C8H8ClN/c9-5-4-7-2-1-3-8(10)6-7/h1-6H,10H2. The molecule has 1 rings (SSSR count). The molecule has 0 bridgehead atoms. The molecule has 0 aliphatic carbocycles. The number of nitrogens with two attached hydrogens (primary N) is 1. The molecule has 0 spiro atoms. The van der Waals surface area contributed by atoms with Crippen molar-refractivity contribution in [3.8, 4) is 0 Å². The topological polar surface area (TPSA) is 26.0 Å². The van der Waals surface area contributed by atoms with Crippen molar-refractivity contribution < 1.29 is 0 Å². The van der Waals surface area contributed by atoms with Crippen LogP contribution in [0.2, 0.25) is 0 Å². The van der Waals surface area contributed by atoms with E-state index in [-0.39, 0.29) is 0 Å². The molecule has 0 radical (unpaired) electrons. The molecule has 0 unspecified atom stereocenters. The summed E-state index contributed by atoms with van der Waals surface area (Å²) in [6.07, 6.45) is 1.79. The van der Waals surface area contributed by atoms with E-state index >= 15 is 0 Å². The maximum absolute atomic E-state index is 5.51. The van der Waals surface area contributed by atoms with E-state index < -0.39 is 0 Å². The summed E-state index contributed by atoms with van der Waals surface area (Å²) in [6.45, 7) is 0. The largest absolute Gasteiger partial charge is 0.399 e. The molecule has 0 aliphatic rings. The Labute approximate surface area is 65.1 Å². The summed E-state index contributed by atoms with van der Waals surface area (Å²) < 4.78 is 0. The van der Waals surface area contributed by atoms with Gasteiger partial charge in [0, 0.05) is 11.2 Å². The van der Waals surface area contributed by atoms with Gasteiger partial charge >= 0.3 is 0 Å². The summed E-state index contributed by atoms with van der Waals surface area (Å²) in [5.74, 6) is 0. The number of rotatable bonds is 1. The number of anilines is 1. The Kier molecular flexibility index (Phi) is 2.35. The Morgan fingerprint density at radius 3 is 2.80 bits per heavy atom. The van der Waals surface area contributed by atoms with Crippen LogP contribution in [0.1, 0.15) is 5.56 Å². The van der Waals surface area contributed by atoms with Gasteiger partial charge in [0.05, 0.1) is 0 Å². The first kappa shape index (κ1) is 7.16. The van der Waals surface area contributed by atoms with Crippen molar-refractivity contribution in [1.82, 2.24) is 0 Å². The average molecular weight is 154 g/mol. The second kappa shape index (κ2) is 3.28. The monoisotopic (exact) mass is 153 g/mol. The summed E-state index contributed by atoms with van der Waals surface area (Å²) in [6, 6.07) is 7.53. The molecule has 1 nitrogen and oxygen atoms in total. The van der Waals surface area contributed by atoms with E-state index in [2.05, 4.69) is 0 Å². The van der Waals surface area contributed by atoms with Gasteiger partial charge in [0.15, 0.2) is 0 Å². The van der Waals surface area contributed by atoms with E-state index in [1.807, 2.05) is 24.3 Å². The Morgan fingerprint density at radius 2 is 2.20 bits per heavy atom. The Morgan fingerprint density at radius 1 is 1.40 bits per heavy atom. The summed E-state index contributed by atoms with van der Waals surface area (Å²) >= 11 is 5.37. The highest BCUT2D eigenvalue weighted by molar-refractivity contribution is 6.27. The summed E-state index contributed by atoms with van der Waals surface area (Å²) in [7, 11) is 0. The van der Waals surface area contributed by atoms with E-state index in [9.17, 15) is 0 Å². The van der Waals surface area contributed by atoms with Gasteiger partial charge in [-0.05, 0) is 23.8 Å². The zero-order valence-electron chi connectivity index (χ0n) is 5.42. The second-order valence-corrected chi connectivity index (χ2v) is 2.21. The molecule has 0 amide bonds. The molecule has 0 saturated carbocycles. The van der Waals surface area contributed by atoms with Gasteiger partial charge in [-0.1, -0.05) is 23.7 Å². The van der Waals surface area contributed by atoms with Crippen LogP contribution in [0.5, 0.6) is 0 Å². The van der Waals surface area contributed by atoms with Crippen LogP contribution in [0.3, 0.4) is 0 Å². The third-order valence-electron chi connectivity index (χ3n) is 1.17. The molecule has 0 fully saturated rings. The van der Waals surface area contributed by atoms with Gasteiger partial charge in [0.2, 0.25) is 0 Å². The number of hydrogen-bond donors (Lipinski definition) is 1. The normalized spacial score (nSPS) is 10.5. The smallest absolute Gasteiger partial charge is 0.0319 e. The lowest BCUT2D eigenvalue weighted by Gasteiger charge is -1.93. The molecule has 2 heteroatoms. The first-order chi connectivity index (χ1) is 4.83. The third-order valence-corrected chi connectivity index (χ3v) is 1.29. The number of hydrogen-bond acceptors (Lipinski definition) is 1. The van der Waals surface area contributed by atoms with Crippen molar-refractivity contribution in [3.63, 3.8) is 0 Å². The predicted octanol–water partition coefficient (Wildman–Crippen LogP) is 2.48. The minimum atomic E-state index is 0.757. The van der Waals surface area contributed by atoms with Gasteiger partial charge < -0.3 is 5.73 Å². The van der Waals surface area contributed by atoms with Crippen LogP contribution in [0.4, 0.5) is 5.69 Å². The van der Waals surface area contributed by atoms with Crippen molar-refractivity contribution >= 4 is 23.4 Å². The highest BCUT2D eigenvalue weighted by atomic mass is 35.5. The van der Waals surface area contributed by atoms with E-state index in [4.69, 9.17) is 17.3 Å². The summed E-state index contributed by atoms with van der Waals surface area (Å²) in [5.41, 5.74) is 8.76. The van der Waals surface area contributed by atoms with Crippen LogP contribution in [0.25, 0.3) is 6.08 Å². The van der Waals surface area contributed by atoms with E-state index in [1.165, 1.54) is 5.54 Å². The molecule has 0 aromatic heterocycles. The second-order valence-electron chi connectivity index (χ2n) is 1.96. The fourth-order valence-electron chi connectivity index (χ4n) is 0.735. The molecule has 0 heterocycles. The van der Waals surface area contributed by atoms with Crippen LogP contribution in [0.15, 0.2) is 29.8 Å². The van der Waals surface area contributed by atoms with Crippen molar-refractivity contribution in [2.24, 2.45) is 0 Å². The molecular formula is C8H8ClN. The van der Waals surface area contributed by atoms with E-state index in [0.717, 1.165) is 11.3 Å². The minimum Gasteiger partial charge on any atom is -0.399 e. The molecule has 52 valence electrons. The molecule has 1 aromatic carbocycles. The number of nitrogen functional groups attached to an aromatic ring is 1. The lowest BCUT2D eigenvalue weighted by molar-refractivity contribution is 1.65. The van der Waals surface area contributed by atoms with Gasteiger partial charge in [-0.25, -0.2) is 0 Å². The van der Waals surface area contributed by atoms with Crippen LogP contribution >= 0.6 is 11.6 Å². The van der Waals surface area contributed by atoms with Crippen molar-refractivity contribution in [1.29, 1.82) is 0 Å². The van der Waals surface area contributed by atoms with Crippen LogP contribution in [-0.2, 0) is 0 Å². The maximum Gasteiger partial charge on any atom is 0.0319 e. The first-order valence-electron chi connectivity index (χ1n) is 2.95. The van der Waals surface area contributed by atoms with Crippen LogP contribution in [0, 0.1) is 0 Å². The Hall–Kier alpha value is -0.950. The highest BCUT2D eigenvalue weighted by Crippen LogP contribution is 2.08. The summed E-state index contributed by atoms with van der Waals surface area (Å²) in [4.78, 5) is 0. The predicted molar refractivity (Wildman–Crippen MR) is 45.7 cm³/mol. The fourth-order valence-corrected chi connectivity index (χ4v) is 0.881. The van der Waals surface area contributed by atoms with Gasteiger partial charge in [-0.15, -0.1) is 0 Å². The van der Waals surface area contributed by atoms with E-state index in [1.54, 1.807) is 6.08 Å².